The molecule has 2 heteroatoms. The van der Waals surface area contributed by atoms with Crippen LogP contribution in [0, 0.1) is 5.41 Å². The number of hydrogen-bond acceptors (Lipinski definition) is 2. The molecule has 0 saturated carbocycles. The average molecular weight is 226 g/mol. The Bertz CT molecular complexity index is 189. The summed E-state index contributed by atoms with van der Waals surface area (Å²) in [6, 6.07) is 1.26. The van der Waals surface area contributed by atoms with E-state index < -0.39 is 0 Å². The summed E-state index contributed by atoms with van der Waals surface area (Å²) >= 11 is 0. The Balaban J connectivity index is 2.48. The third-order valence-corrected chi connectivity index (χ3v) is 5.11. The SMILES string of the molecule is CCC1(CC)CCN(C(C)C(C)NC)CC1. The highest BCUT2D eigenvalue weighted by Crippen LogP contribution is 2.38. The van der Waals surface area contributed by atoms with E-state index in [0.29, 0.717) is 17.5 Å². The van der Waals surface area contributed by atoms with Gasteiger partial charge in [-0.3, -0.25) is 4.90 Å². The molecule has 2 unspecified atom stereocenters. The molecule has 0 spiro atoms. The van der Waals surface area contributed by atoms with Gasteiger partial charge in [0.15, 0.2) is 0 Å². The van der Waals surface area contributed by atoms with Gasteiger partial charge in [-0.2, -0.15) is 0 Å². The van der Waals surface area contributed by atoms with E-state index in [4.69, 9.17) is 0 Å². The topological polar surface area (TPSA) is 15.3 Å². The van der Waals surface area contributed by atoms with Gasteiger partial charge in [0, 0.05) is 12.1 Å². The molecule has 16 heavy (non-hydrogen) atoms. The molecule has 1 saturated heterocycles. The largest absolute Gasteiger partial charge is 0.316 e. The van der Waals surface area contributed by atoms with E-state index in [-0.39, 0.29) is 0 Å². The van der Waals surface area contributed by atoms with E-state index in [9.17, 15) is 0 Å². The minimum absolute atomic E-state index is 0.593. The summed E-state index contributed by atoms with van der Waals surface area (Å²) < 4.78 is 0. The van der Waals surface area contributed by atoms with Gasteiger partial charge >= 0.3 is 0 Å². The molecule has 1 N–H and O–H groups in total. The molecule has 0 amide bonds. The molecular formula is C14H30N2. The van der Waals surface area contributed by atoms with Gasteiger partial charge in [0.05, 0.1) is 0 Å². The molecule has 2 atom stereocenters. The third-order valence-electron chi connectivity index (χ3n) is 5.11. The highest BCUT2D eigenvalue weighted by Gasteiger charge is 2.33. The van der Waals surface area contributed by atoms with Gasteiger partial charge in [0.1, 0.15) is 0 Å². The van der Waals surface area contributed by atoms with Crippen LogP contribution in [0.2, 0.25) is 0 Å². The minimum Gasteiger partial charge on any atom is -0.316 e. The van der Waals surface area contributed by atoms with Gasteiger partial charge in [-0.1, -0.05) is 26.7 Å². The van der Waals surface area contributed by atoms with Crippen molar-refractivity contribution in [3.8, 4) is 0 Å². The van der Waals surface area contributed by atoms with E-state index >= 15 is 0 Å². The molecule has 1 aliphatic heterocycles. The normalized spacial score (nSPS) is 25.3. The minimum atomic E-state index is 0.593. The Morgan fingerprint density at radius 3 is 2.00 bits per heavy atom. The van der Waals surface area contributed by atoms with Crippen LogP contribution in [0.3, 0.4) is 0 Å². The molecule has 0 aliphatic carbocycles. The van der Waals surface area contributed by atoms with Crippen molar-refractivity contribution in [1.29, 1.82) is 0 Å². The number of likely N-dealkylation sites (N-methyl/N-ethyl adjacent to an activating group) is 1. The summed E-state index contributed by atoms with van der Waals surface area (Å²) in [5.41, 5.74) is 0.652. The Hall–Kier alpha value is -0.0800. The first-order valence-electron chi connectivity index (χ1n) is 7.00. The summed E-state index contributed by atoms with van der Waals surface area (Å²) in [4.78, 5) is 2.66. The molecule has 2 nitrogen and oxygen atoms in total. The van der Waals surface area contributed by atoms with Crippen molar-refractivity contribution in [3.05, 3.63) is 0 Å². The molecular weight excluding hydrogens is 196 g/mol. The van der Waals surface area contributed by atoms with E-state index in [1.165, 1.54) is 38.8 Å². The number of likely N-dealkylation sites (tertiary alicyclic amines) is 1. The number of nitrogens with zero attached hydrogens (tertiary/aromatic N) is 1. The lowest BCUT2D eigenvalue weighted by molar-refractivity contribution is 0.0616. The number of piperidine rings is 1. The Labute approximate surface area is 102 Å². The van der Waals surface area contributed by atoms with Crippen LogP contribution in [-0.2, 0) is 0 Å². The average Bonchev–Trinajstić information content (AvgIpc) is 2.37. The molecule has 0 aromatic rings. The predicted molar refractivity (Wildman–Crippen MR) is 71.8 cm³/mol. The molecule has 1 fully saturated rings. The van der Waals surface area contributed by atoms with Crippen LogP contribution < -0.4 is 5.32 Å². The van der Waals surface area contributed by atoms with Crippen LogP contribution in [0.1, 0.15) is 53.4 Å². The first-order chi connectivity index (χ1) is 7.58. The van der Waals surface area contributed by atoms with Crippen molar-refractivity contribution >= 4 is 0 Å². The van der Waals surface area contributed by atoms with Crippen LogP contribution in [0.15, 0.2) is 0 Å². The molecule has 0 radical (unpaired) electrons. The van der Waals surface area contributed by atoms with Gasteiger partial charge in [-0.05, 0) is 52.2 Å². The molecule has 0 aromatic heterocycles. The van der Waals surface area contributed by atoms with Crippen molar-refractivity contribution < 1.29 is 0 Å². The fourth-order valence-electron chi connectivity index (χ4n) is 2.92. The van der Waals surface area contributed by atoms with Gasteiger partial charge in [0.25, 0.3) is 0 Å². The monoisotopic (exact) mass is 226 g/mol. The first-order valence-corrected chi connectivity index (χ1v) is 7.00. The van der Waals surface area contributed by atoms with E-state index in [2.05, 4.69) is 45.0 Å². The molecule has 1 aliphatic rings. The third kappa shape index (κ3) is 2.98. The van der Waals surface area contributed by atoms with Crippen molar-refractivity contribution in [1.82, 2.24) is 10.2 Å². The quantitative estimate of drug-likeness (QED) is 0.775. The number of hydrogen-bond donors (Lipinski definition) is 1. The van der Waals surface area contributed by atoms with Crippen molar-refractivity contribution in [2.45, 2.75) is 65.5 Å². The summed E-state index contributed by atoms with van der Waals surface area (Å²) in [5.74, 6) is 0. The molecule has 96 valence electrons. The van der Waals surface area contributed by atoms with Crippen LogP contribution in [0.25, 0.3) is 0 Å². The second kappa shape index (κ2) is 6.02. The fraction of sp³-hybridized carbons (Fsp3) is 1.00. The van der Waals surface area contributed by atoms with E-state index in [1.54, 1.807) is 0 Å². The number of rotatable bonds is 5. The van der Waals surface area contributed by atoms with E-state index in [1.807, 2.05) is 0 Å². The standard InChI is InChI=1S/C14H30N2/c1-6-14(7-2)8-10-16(11-9-14)13(4)12(3)15-5/h12-13,15H,6-11H2,1-5H3. The Morgan fingerprint density at radius 2 is 1.62 bits per heavy atom. The lowest BCUT2D eigenvalue weighted by Gasteiger charge is -2.44. The molecule has 0 aromatic carbocycles. The Morgan fingerprint density at radius 1 is 1.12 bits per heavy atom. The second-order valence-electron chi connectivity index (χ2n) is 5.56. The smallest absolute Gasteiger partial charge is 0.0218 e. The van der Waals surface area contributed by atoms with Gasteiger partial charge in [0.2, 0.25) is 0 Å². The summed E-state index contributed by atoms with van der Waals surface area (Å²) in [6.45, 7) is 11.9. The van der Waals surface area contributed by atoms with Crippen LogP contribution in [0.5, 0.6) is 0 Å². The lowest BCUT2D eigenvalue weighted by atomic mass is 9.74. The van der Waals surface area contributed by atoms with E-state index in [0.717, 1.165) is 0 Å². The maximum Gasteiger partial charge on any atom is 0.0218 e. The first kappa shape index (κ1) is 14.0. The highest BCUT2D eigenvalue weighted by molar-refractivity contribution is 4.87. The maximum atomic E-state index is 3.37. The zero-order valence-electron chi connectivity index (χ0n) is 11.8. The number of nitrogens with one attached hydrogen (secondary N) is 1. The van der Waals surface area contributed by atoms with Crippen molar-refractivity contribution in [2.24, 2.45) is 5.41 Å². The second-order valence-corrected chi connectivity index (χ2v) is 5.56. The van der Waals surface area contributed by atoms with Crippen LogP contribution in [0.4, 0.5) is 0 Å². The predicted octanol–water partition coefficient (Wildman–Crippen LogP) is 2.89. The molecule has 0 bridgehead atoms. The van der Waals surface area contributed by atoms with Gasteiger partial charge in [-0.25, -0.2) is 0 Å². The maximum absolute atomic E-state index is 3.37. The zero-order chi connectivity index (χ0) is 12.2. The molecule has 1 heterocycles. The van der Waals surface area contributed by atoms with Crippen LogP contribution >= 0.6 is 0 Å². The summed E-state index contributed by atoms with van der Waals surface area (Å²) in [7, 11) is 2.06. The molecule has 1 rings (SSSR count). The summed E-state index contributed by atoms with van der Waals surface area (Å²) in [6.07, 6.45) is 5.49. The fourth-order valence-corrected chi connectivity index (χ4v) is 2.92. The Kier molecular flexibility index (Phi) is 5.26. The summed E-state index contributed by atoms with van der Waals surface area (Å²) in [5, 5.41) is 3.37. The lowest BCUT2D eigenvalue weighted by Crippen LogP contribution is -2.50. The van der Waals surface area contributed by atoms with Gasteiger partial charge < -0.3 is 5.32 Å². The van der Waals surface area contributed by atoms with Gasteiger partial charge in [-0.15, -0.1) is 0 Å². The highest BCUT2D eigenvalue weighted by atomic mass is 15.2. The van der Waals surface area contributed by atoms with Crippen molar-refractivity contribution in [3.63, 3.8) is 0 Å². The zero-order valence-corrected chi connectivity index (χ0v) is 11.8. The van der Waals surface area contributed by atoms with Crippen molar-refractivity contribution in [2.75, 3.05) is 20.1 Å². The van der Waals surface area contributed by atoms with Crippen LogP contribution in [-0.4, -0.2) is 37.1 Å².